The number of hydrogen-bond donors (Lipinski definition) is 2. The van der Waals surface area contributed by atoms with E-state index in [0.717, 1.165) is 22.6 Å². The Balaban J connectivity index is 2.00. The molecule has 130 valence electrons. The van der Waals surface area contributed by atoms with Gasteiger partial charge in [0.05, 0.1) is 38.9 Å². The summed E-state index contributed by atoms with van der Waals surface area (Å²) in [6, 6.07) is 11.2. The summed E-state index contributed by atoms with van der Waals surface area (Å²) in [5, 5.41) is 11.1. The van der Waals surface area contributed by atoms with Gasteiger partial charge in [0, 0.05) is 16.3 Å². The largest absolute Gasteiger partial charge is 0.493 e. The van der Waals surface area contributed by atoms with Crippen molar-refractivity contribution in [1.82, 2.24) is 10.2 Å². The SMILES string of the molecule is COc1cc(-c2[nH]ncc2Nc2ccc(Cl)cc2)cc(OC)c1OC. The minimum absolute atomic E-state index is 0.542. The van der Waals surface area contributed by atoms with Crippen LogP contribution in [0.3, 0.4) is 0 Å². The van der Waals surface area contributed by atoms with E-state index in [1.807, 2.05) is 36.4 Å². The molecule has 25 heavy (non-hydrogen) atoms. The number of halogens is 1. The number of methoxy groups -OCH3 is 3. The van der Waals surface area contributed by atoms with Crippen LogP contribution < -0.4 is 19.5 Å². The number of anilines is 2. The molecule has 0 aliphatic carbocycles. The zero-order chi connectivity index (χ0) is 17.8. The highest BCUT2D eigenvalue weighted by Gasteiger charge is 2.17. The van der Waals surface area contributed by atoms with Crippen molar-refractivity contribution in [3.8, 4) is 28.5 Å². The van der Waals surface area contributed by atoms with Crippen molar-refractivity contribution in [2.75, 3.05) is 26.6 Å². The topological polar surface area (TPSA) is 68.4 Å². The molecule has 0 amide bonds. The Hall–Kier alpha value is -2.86. The third kappa shape index (κ3) is 3.49. The lowest BCUT2D eigenvalue weighted by Crippen LogP contribution is -1.97. The van der Waals surface area contributed by atoms with Crippen molar-refractivity contribution in [3.63, 3.8) is 0 Å². The van der Waals surface area contributed by atoms with E-state index in [9.17, 15) is 0 Å². The minimum atomic E-state index is 0.542. The van der Waals surface area contributed by atoms with Gasteiger partial charge >= 0.3 is 0 Å². The number of nitrogens with one attached hydrogen (secondary N) is 2. The summed E-state index contributed by atoms with van der Waals surface area (Å²) >= 11 is 5.93. The van der Waals surface area contributed by atoms with Gasteiger partial charge in [-0.05, 0) is 36.4 Å². The molecular formula is C18H18ClN3O3. The first-order valence-corrected chi connectivity index (χ1v) is 7.90. The van der Waals surface area contributed by atoms with Crippen LogP contribution >= 0.6 is 11.6 Å². The number of benzene rings is 2. The lowest BCUT2D eigenvalue weighted by molar-refractivity contribution is 0.324. The van der Waals surface area contributed by atoms with E-state index in [1.165, 1.54) is 0 Å². The Bertz CT molecular complexity index is 837. The number of rotatable bonds is 6. The maximum atomic E-state index is 5.93. The summed E-state index contributed by atoms with van der Waals surface area (Å²) in [5.74, 6) is 1.69. The van der Waals surface area contributed by atoms with Gasteiger partial charge in [0.15, 0.2) is 11.5 Å². The van der Waals surface area contributed by atoms with Crippen molar-refractivity contribution in [3.05, 3.63) is 47.6 Å². The van der Waals surface area contributed by atoms with Crippen molar-refractivity contribution < 1.29 is 14.2 Å². The monoisotopic (exact) mass is 359 g/mol. The number of hydrogen-bond acceptors (Lipinski definition) is 5. The van der Waals surface area contributed by atoms with E-state index >= 15 is 0 Å². The predicted octanol–water partition coefficient (Wildman–Crippen LogP) is 4.50. The molecule has 0 unspecified atom stereocenters. The molecule has 0 bridgehead atoms. The lowest BCUT2D eigenvalue weighted by Gasteiger charge is -2.14. The molecule has 2 N–H and O–H groups in total. The summed E-state index contributed by atoms with van der Waals surface area (Å²) in [5.41, 5.74) is 3.37. The van der Waals surface area contributed by atoms with E-state index < -0.39 is 0 Å². The van der Waals surface area contributed by atoms with Gasteiger partial charge in [-0.25, -0.2) is 0 Å². The molecule has 6 nitrogen and oxygen atoms in total. The quantitative estimate of drug-likeness (QED) is 0.678. The van der Waals surface area contributed by atoms with Crippen molar-refractivity contribution in [2.45, 2.75) is 0 Å². The highest BCUT2D eigenvalue weighted by molar-refractivity contribution is 6.30. The number of aromatic amines is 1. The first-order chi connectivity index (χ1) is 12.2. The fourth-order valence-corrected chi connectivity index (χ4v) is 2.64. The second-order valence-electron chi connectivity index (χ2n) is 5.20. The molecule has 1 aromatic heterocycles. The van der Waals surface area contributed by atoms with Gasteiger partial charge in [0.2, 0.25) is 5.75 Å². The molecule has 0 atom stereocenters. The molecule has 1 heterocycles. The fraction of sp³-hybridized carbons (Fsp3) is 0.167. The van der Waals surface area contributed by atoms with Crippen LogP contribution in [-0.2, 0) is 0 Å². The van der Waals surface area contributed by atoms with Crippen molar-refractivity contribution >= 4 is 23.0 Å². The van der Waals surface area contributed by atoms with Crippen LogP contribution in [0.1, 0.15) is 0 Å². The third-order valence-electron chi connectivity index (χ3n) is 3.72. The smallest absolute Gasteiger partial charge is 0.203 e. The molecule has 3 aromatic rings. The van der Waals surface area contributed by atoms with Gasteiger partial charge in [-0.15, -0.1) is 0 Å². The van der Waals surface area contributed by atoms with Gasteiger partial charge in [0.1, 0.15) is 0 Å². The maximum Gasteiger partial charge on any atom is 0.203 e. The van der Waals surface area contributed by atoms with E-state index in [-0.39, 0.29) is 0 Å². The molecular weight excluding hydrogens is 342 g/mol. The molecule has 0 fully saturated rings. The first-order valence-electron chi connectivity index (χ1n) is 7.52. The lowest BCUT2D eigenvalue weighted by atomic mass is 10.1. The van der Waals surface area contributed by atoms with Gasteiger partial charge in [-0.3, -0.25) is 5.10 Å². The molecule has 0 aliphatic heterocycles. The predicted molar refractivity (Wildman–Crippen MR) is 98.4 cm³/mol. The van der Waals surface area contributed by atoms with E-state index in [4.69, 9.17) is 25.8 Å². The van der Waals surface area contributed by atoms with Gasteiger partial charge in [-0.1, -0.05) is 11.6 Å². The standard InChI is InChI=1S/C18H18ClN3O3/c1-23-15-8-11(9-16(24-2)18(15)25-3)17-14(10-20-22-17)21-13-6-4-12(19)5-7-13/h4-10,21H,1-3H3,(H,20,22). The van der Waals surface area contributed by atoms with E-state index in [1.54, 1.807) is 27.5 Å². The summed E-state index contributed by atoms with van der Waals surface area (Å²) in [4.78, 5) is 0. The second-order valence-corrected chi connectivity index (χ2v) is 5.64. The zero-order valence-electron chi connectivity index (χ0n) is 14.1. The number of ether oxygens (including phenoxy) is 3. The molecule has 0 spiro atoms. The van der Waals surface area contributed by atoms with Crippen molar-refractivity contribution in [1.29, 1.82) is 0 Å². The highest BCUT2D eigenvalue weighted by atomic mass is 35.5. The summed E-state index contributed by atoms with van der Waals surface area (Å²) in [6.07, 6.45) is 1.72. The van der Waals surface area contributed by atoms with Crippen LogP contribution in [0.15, 0.2) is 42.6 Å². The number of H-pyrrole nitrogens is 1. The van der Waals surface area contributed by atoms with Gasteiger partial charge in [-0.2, -0.15) is 5.10 Å². The van der Waals surface area contributed by atoms with Crippen LogP contribution in [0.25, 0.3) is 11.3 Å². The Kier molecular flexibility index (Phi) is 5.00. The minimum Gasteiger partial charge on any atom is -0.493 e. The number of nitrogens with zero attached hydrogens (tertiary/aromatic N) is 1. The molecule has 3 rings (SSSR count). The third-order valence-corrected chi connectivity index (χ3v) is 3.97. The molecule has 0 aliphatic rings. The highest BCUT2D eigenvalue weighted by Crippen LogP contribution is 2.42. The van der Waals surface area contributed by atoms with Crippen LogP contribution in [0, 0.1) is 0 Å². The van der Waals surface area contributed by atoms with Crippen LogP contribution in [-0.4, -0.2) is 31.5 Å². The maximum absolute atomic E-state index is 5.93. The zero-order valence-corrected chi connectivity index (χ0v) is 14.8. The van der Waals surface area contributed by atoms with Crippen LogP contribution in [0.5, 0.6) is 17.2 Å². The van der Waals surface area contributed by atoms with Gasteiger partial charge < -0.3 is 19.5 Å². The average Bonchev–Trinajstić information content (AvgIpc) is 3.10. The normalized spacial score (nSPS) is 10.4. The fourth-order valence-electron chi connectivity index (χ4n) is 2.52. The van der Waals surface area contributed by atoms with Crippen LogP contribution in [0.4, 0.5) is 11.4 Å². The Morgan fingerprint density at radius 1 is 0.960 bits per heavy atom. The van der Waals surface area contributed by atoms with Crippen molar-refractivity contribution in [2.24, 2.45) is 0 Å². The number of aromatic nitrogens is 2. The Morgan fingerprint density at radius 2 is 1.60 bits per heavy atom. The molecule has 0 saturated carbocycles. The Morgan fingerprint density at radius 3 is 2.16 bits per heavy atom. The summed E-state index contributed by atoms with van der Waals surface area (Å²) in [7, 11) is 4.74. The summed E-state index contributed by atoms with van der Waals surface area (Å²) in [6.45, 7) is 0. The molecule has 7 heteroatoms. The van der Waals surface area contributed by atoms with Gasteiger partial charge in [0.25, 0.3) is 0 Å². The van der Waals surface area contributed by atoms with E-state index in [2.05, 4.69) is 15.5 Å². The Labute approximate surface area is 150 Å². The average molecular weight is 360 g/mol. The summed E-state index contributed by atoms with van der Waals surface area (Å²) < 4.78 is 16.2. The van der Waals surface area contributed by atoms with E-state index in [0.29, 0.717) is 22.3 Å². The molecule has 0 radical (unpaired) electrons. The second kappa shape index (κ2) is 7.36. The van der Waals surface area contributed by atoms with Crippen LogP contribution in [0.2, 0.25) is 5.02 Å². The first kappa shape index (κ1) is 17.0. The molecule has 0 saturated heterocycles. The molecule has 2 aromatic carbocycles.